The van der Waals surface area contributed by atoms with Crippen LogP contribution in [0.3, 0.4) is 0 Å². The molecule has 16 heavy (non-hydrogen) atoms. The number of benzene rings is 1. The van der Waals surface area contributed by atoms with Gasteiger partial charge in [-0.15, -0.1) is 0 Å². The molecule has 1 unspecified atom stereocenters. The van der Waals surface area contributed by atoms with Gasteiger partial charge in [0.15, 0.2) is 0 Å². The molecule has 1 aromatic carbocycles. The Balaban J connectivity index is 2.31. The van der Waals surface area contributed by atoms with Gasteiger partial charge in [-0.2, -0.15) is 0 Å². The average Bonchev–Trinajstić information content (AvgIpc) is 2.28. The van der Waals surface area contributed by atoms with Crippen molar-refractivity contribution in [1.82, 2.24) is 0 Å². The first-order valence-corrected chi connectivity index (χ1v) is 7.01. The maximum Gasteiger partial charge on any atom is 0.0800 e. The maximum absolute atomic E-state index is 10.1. The normalized spacial score (nSPS) is 16.9. The van der Waals surface area contributed by atoms with Gasteiger partial charge in [-0.25, -0.2) is 0 Å². The number of hydrogen-bond donors (Lipinski definition) is 1. The summed E-state index contributed by atoms with van der Waals surface area (Å²) in [7, 11) is 0. The monoisotopic (exact) mass is 282 g/mol. The molecule has 0 fully saturated rings. The molecule has 0 bridgehead atoms. The van der Waals surface area contributed by atoms with E-state index >= 15 is 0 Å². The predicted octanol–water partition coefficient (Wildman–Crippen LogP) is 4.16. The number of halogens is 1. The second-order valence-corrected chi connectivity index (χ2v) is 5.51. The van der Waals surface area contributed by atoms with Crippen LogP contribution in [-0.4, -0.2) is 5.11 Å². The minimum atomic E-state index is -0.313. The van der Waals surface area contributed by atoms with Gasteiger partial charge in [0.05, 0.1) is 6.10 Å². The lowest BCUT2D eigenvalue weighted by atomic mass is 9.89. The summed E-state index contributed by atoms with van der Waals surface area (Å²) in [6, 6.07) is 4.42. The Hall–Kier alpha value is -0.340. The molecule has 0 saturated carbocycles. The second kappa shape index (κ2) is 5.33. The molecule has 2 rings (SSSR count). The van der Waals surface area contributed by atoms with Crippen molar-refractivity contribution in [2.45, 2.75) is 51.6 Å². The van der Waals surface area contributed by atoms with Crippen molar-refractivity contribution in [2.75, 3.05) is 0 Å². The van der Waals surface area contributed by atoms with Gasteiger partial charge in [-0.1, -0.05) is 35.3 Å². The highest BCUT2D eigenvalue weighted by Gasteiger charge is 2.16. The number of aliphatic hydroxyl groups is 1. The van der Waals surface area contributed by atoms with Crippen LogP contribution in [-0.2, 0) is 12.8 Å². The summed E-state index contributed by atoms with van der Waals surface area (Å²) in [6.45, 7) is 2.11. The van der Waals surface area contributed by atoms with Crippen LogP contribution < -0.4 is 0 Å². The Morgan fingerprint density at radius 2 is 1.88 bits per heavy atom. The molecule has 0 heterocycles. The summed E-state index contributed by atoms with van der Waals surface area (Å²) < 4.78 is 1.08. The summed E-state index contributed by atoms with van der Waals surface area (Å²) in [5.74, 6) is 0. The zero-order valence-electron chi connectivity index (χ0n) is 9.80. The maximum atomic E-state index is 10.1. The fourth-order valence-corrected chi connectivity index (χ4v) is 3.11. The molecule has 1 nitrogen and oxygen atoms in total. The van der Waals surface area contributed by atoms with E-state index in [1.807, 2.05) is 0 Å². The third-order valence-electron chi connectivity index (χ3n) is 3.38. The van der Waals surface area contributed by atoms with Gasteiger partial charge in [-0.3, -0.25) is 0 Å². The van der Waals surface area contributed by atoms with Gasteiger partial charge in [0, 0.05) is 4.47 Å². The van der Waals surface area contributed by atoms with E-state index in [-0.39, 0.29) is 6.10 Å². The van der Waals surface area contributed by atoms with Crippen LogP contribution in [0, 0.1) is 0 Å². The molecule has 0 spiro atoms. The van der Waals surface area contributed by atoms with Crippen LogP contribution >= 0.6 is 15.9 Å². The first-order valence-electron chi connectivity index (χ1n) is 6.21. The molecule has 1 atom stereocenters. The Kier molecular flexibility index (Phi) is 4.04. The SMILES string of the molecule is CCCC(O)c1cc2c(cc1Br)CCCC2. The third-order valence-corrected chi connectivity index (χ3v) is 4.07. The van der Waals surface area contributed by atoms with Gasteiger partial charge in [-0.05, 0) is 54.9 Å². The molecule has 1 N–H and O–H groups in total. The van der Waals surface area contributed by atoms with E-state index in [4.69, 9.17) is 0 Å². The first-order chi connectivity index (χ1) is 7.72. The molecule has 1 aliphatic carbocycles. The lowest BCUT2D eigenvalue weighted by Crippen LogP contribution is -2.06. The van der Waals surface area contributed by atoms with Crippen LogP contribution in [0.25, 0.3) is 0 Å². The van der Waals surface area contributed by atoms with Gasteiger partial charge in [0.1, 0.15) is 0 Å². The Labute approximate surface area is 106 Å². The fraction of sp³-hybridized carbons (Fsp3) is 0.571. The van der Waals surface area contributed by atoms with E-state index in [0.717, 1.165) is 22.9 Å². The number of fused-ring (bicyclic) bond motifs is 1. The lowest BCUT2D eigenvalue weighted by molar-refractivity contribution is 0.165. The molecule has 0 amide bonds. The van der Waals surface area contributed by atoms with Crippen molar-refractivity contribution >= 4 is 15.9 Å². The van der Waals surface area contributed by atoms with E-state index in [1.54, 1.807) is 0 Å². The highest BCUT2D eigenvalue weighted by atomic mass is 79.9. The number of aryl methyl sites for hydroxylation is 2. The minimum absolute atomic E-state index is 0.313. The molecular weight excluding hydrogens is 264 g/mol. The molecular formula is C14H19BrO. The molecule has 2 heteroatoms. The third kappa shape index (κ3) is 2.49. The smallest absolute Gasteiger partial charge is 0.0800 e. The lowest BCUT2D eigenvalue weighted by Gasteiger charge is -2.20. The van der Waals surface area contributed by atoms with Gasteiger partial charge in [0.25, 0.3) is 0 Å². The standard InChI is InChI=1S/C14H19BrO/c1-2-5-14(16)12-8-10-6-3-4-7-11(10)9-13(12)15/h8-9,14,16H,2-7H2,1H3. The molecule has 0 saturated heterocycles. The van der Waals surface area contributed by atoms with Crippen LogP contribution in [0.15, 0.2) is 16.6 Å². The summed E-state index contributed by atoms with van der Waals surface area (Å²) in [5, 5.41) is 10.1. The zero-order chi connectivity index (χ0) is 11.5. The molecule has 1 aliphatic rings. The molecule has 0 aliphatic heterocycles. The molecule has 88 valence electrons. The van der Waals surface area contributed by atoms with Gasteiger partial charge >= 0.3 is 0 Å². The Morgan fingerprint density at radius 1 is 1.25 bits per heavy atom. The van der Waals surface area contributed by atoms with Gasteiger partial charge < -0.3 is 5.11 Å². The summed E-state index contributed by atoms with van der Waals surface area (Å²) in [4.78, 5) is 0. The zero-order valence-corrected chi connectivity index (χ0v) is 11.4. The Bertz CT molecular complexity index is 373. The van der Waals surface area contributed by atoms with Crippen LogP contribution in [0.4, 0.5) is 0 Å². The topological polar surface area (TPSA) is 20.2 Å². The summed E-state index contributed by atoms with van der Waals surface area (Å²) in [5.41, 5.74) is 3.98. The van der Waals surface area contributed by atoms with Crippen molar-refractivity contribution in [1.29, 1.82) is 0 Å². The van der Waals surface area contributed by atoms with Crippen molar-refractivity contribution in [2.24, 2.45) is 0 Å². The number of hydrogen-bond acceptors (Lipinski definition) is 1. The number of rotatable bonds is 3. The molecule has 1 aromatic rings. The largest absolute Gasteiger partial charge is 0.388 e. The summed E-state index contributed by atoms with van der Waals surface area (Å²) >= 11 is 3.59. The molecule has 0 radical (unpaired) electrons. The highest BCUT2D eigenvalue weighted by Crippen LogP contribution is 2.32. The van der Waals surface area contributed by atoms with E-state index in [2.05, 4.69) is 35.0 Å². The fourth-order valence-electron chi connectivity index (χ4n) is 2.46. The van der Waals surface area contributed by atoms with Gasteiger partial charge in [0.2, 0.25) is 0 Å². The van der Waals surface area contributed by atoms with E-state index < -0.39 is 0 Å². The van der Waals surface area contributed by atoms with E-state index in [0.29, 0.717) is 0 Å². The van der Waals surface area contributed by atoms with E-state index in [9.17, 15) is 5.11 Å². The Morgan fingerprint density at radius 3 is 2.50 bits per heavy atom. The van der Waals surface area contributed by atoms with Crippen molar-refractivity contribution in [3.63, 3.8) is 0 Å². The quantitative estimate of drug-likeness (QED) is 0.883. The predicted molar refractivity (Wildman–Crippen MR) is 70.7 cm³/mol. The first kappa shape index (κ1) is 12.1. The van der Waals surface area contributed by atoms with E-state index in [1.165, 1.54) is 36.8 Å². The summed E-state index contributed by atoms with van der Waals surface area (Å²) in [6.07, 6.45) is 6.51. The minimum Gasteiger partial charge on any atom is -0.388 e. The van der Waals surface area contributed by atoms with Crippen molar-refractivity contribution in [3.05, 3.63) is 33.3 Å². The van der Waals surface area contributed by atoms with Crippen LogP contribution in [0.2, 0.25) is 0 Å². The van der Waals surface area contributed by atoms with Crippen LogP contribution in [0.1, 0.15) is 55.4 Å². The van der Waals surface area contributed by atoms with Crippen molar-refractivity contribution in [3.8, 4) is 0 Å². The highest BCUT2D eigenvalue weighted by molar-refractivity contribution is 9.10. The van der Waals surface area contributed by atoms with Crippen LogP contribution in [0.5, 0.6) is 0 Å². The number of aliphatic hydroxyl groups excluding tert-OH is 1. The average molecular weight is 283 g/mol. The molecule has 0 aromatic heterocycles. The van der Waals surface area contributed by atoms with Crippen molar-refractivity contribution < 1.29 is 5.11 Å². The second-order valence-electron chi connectivity index (χ2n) is 4.65.